The van der Waals surface area contributed by atoms with Gasteiger partial charge < -0.3 is 10.1 Å². The fraction of sp³-hybridized carbons (Fsp3) is 0.286. The molecule has 1 heterocycles. The van der Waals surface area contributed by atoms with Crippen molar-refractivity contribution in [3.63, 3.8) is 0 Å². The Balaban J connectivity index is 2.08. The molecule has 0 radical (unpaired) electrons. The first-order chi connectivity index (χ1) is 9.95. The van der Waals surface area contributed by atoms with E-state index < -0.39 is 12.5 Å². The maximum atomic E-state index is 12.1. The topological polar surface area (TPSA) is 56.2 Å². The molecule has 5 nitrogen and oxygen atoms in total. The molecule has 0 bridgehead atoms. The van der Waals surface area contributed by atoms with E-state index in [4.69, 9.17) is 0 Å². The van der Waals surface area contributed by atoms with E-state index in [2.05, 4.69) is 15.2 Å². The van der Waals surface area contributed by atoms with Crippen LogP contribution in [0, 0.1) is 0 Å². The van der Waals surface area contributed by atoms with Gasteiger partial charge in [0.1, 0.15) is 5.75 Å². The average molecular weight is 295 g/mol. The highest BCUT2D eigenvalue weighted by molar-refractivity contribution is 6.02. The maximum absolute atomic E-state index is 12.1. The zero-order valence-corrected chi connectivity index (χ0v) is 11.6. The van der Waals surface area contributed by atoms with Crippen molar-refractivity contribution >= 4 is 11.6 Å². The molecule has 2 aromatic rings. The SMILES string of the molecule is CC(C)n1ccc(C(=O)Nc2cccc(OC(F)F)c2)n1. The number of carbonyl (C=O) groups excluding carboxylic acids is 1. The third kappa shape index (κ3) is 4.01. The summed E-state index contributed by atoms with van der Waals surface area (Å²) in [6, 6.07) is 7.54. The van der Waals surface area contributed by atoms with E-state index in [1.807, 2.05) is 13.8 Å². The molecule has 1 aromatic heterocycles. The summed E-state index contributed by atoms with van der Waals surface area (Å²) in [7, 11) is 0. The van der Waals surface area contributed by atoms with Gasteiger partial charge in [0.25, 0.3) is 5.91 Å². The van der Waals surface area contributed by atoms with Crippen LogP contribution in [-0.4, -0.2) is 22.3 Å². The van der Waals surface area contributed by atoms with Crippen molar-refractivity contribution in [2.24, 2.45) is 0 Å². The molecule has 21 heavy (non-hydrogen) atoms. The summed E-state index contributed by atoms with van der Waals surface area (Å²) in [5, 5.41) is 6.71. The molecule has 1 aromatic carbocycles. The predicted octanol–water partition coefficient (Wildman–Crippen LogP) is 3.32. The molecule has 0 saturated carbocycles. The Bertz CT molecular complexity index is 626. The number of amides is 1. The van der Waals surface area contributed by atoms with Crippen molar-refractivity contribution in [3.05, 3.63) is 42.2 Å². The van der Waals surface area contributed by atoms with Gasteiger partial charge in [0.15, 0.2) is 5.69 Å². The first-order valence-electron chi connectivity index (χ1n) is 6.37. The van der Waals surface area contributed by atoms with E-state index in [-0.39, 0.29) is 17.5 Å². The number of hydrogen-bond donors (Lipinski definition) is 1. The molecule has 1 N–H and O–H groups in total. The summed E-state index contributed by atoms with van der Waals surface area (Å²) >= 11 is 0. The highest BCUT2D eigenvalue weighted by atomic mass is 19.3. The summed E-state index contributed by atoms with van der Waals surface area (Å²) in [4.78, 5) is 12.0. The number of rotatable bonds is 5. The number of aromatic nitrogens is 2. The maximum Gasteiger partial charge on any atom is 0.387 e. The van der Waals surface area contributed by atoms with Crippen molar-refractivity contribution in [2.45, 2.75) is 26.5 Å². The summed E-state index contributed by atoms with van der Waals surface area (Å²) in [6.07, 6.45) is 1.70. The summed E-state index contributed by atoms with van der Waals surface area (Å²) in [5.41, 5.74) is 0.612. The molecule has 0 atom stereocenters. The van der Waals surface area contributed by atoms with Crippen LogP contribution in [0.1, 0.15) is 30.4 Å². The molecule has 0 aliphatic carbocycles. The van der Waals surface area contributed by atoms with Crippen LogP contribution in [0.25, 0.3) is 0 Å². The van der Waals surface area contributed by atoms with Gasteiger partial charge in [0, 0.05) is 24.0 Å². The number of nitrogens with one attached hydrogen (secondary N) is 1. The number of anilines is 1. The van der Waals surface area contributed by atoms with Crippen molar-refractivity contribution in [1.82, 2.24) is 9.78 Å². The minimum absolute atomic E-state index is 0.0180. The molecule has 0 spiro atoms. The lowest BCUT2D eigenvalue weighted by atomic mass is 10.3. The van der Waals surface area contributed by atoms with E-state index in [1.54, 1.807) is 23.0 Å². The van der Waals surface area contributed by atoms with E-state index >= 15 is 0 Å². The lowest BCUT2D eigenvalue weighted by Gasteiger charge is -2.07. The van der Waals surface area contributed by atoms with Gasteiger partial charge in [0.05, 0.1) is 0 Å². The minimum Gasteiger partial charge on any atom is -0.435 e. The van der Waals surface area contributed by atoms with Crippen molar-refractivity contribution < 1.29 is 18.3 Å². The second-order valence-electron chi connectivity index (χ2n) is 4.64. The molecule has 1 amide bonds. The van der Waals surface area contributed by atoms with Crippen LogP contribution in [-0.2, 0) is 0 Å². The van der Waals surface area contributed by atoms with Gasteiger partial charge in [-0.3, -0.25) is 9.48 Å². The normalized spacial score (nSPS) is 11.0. The Hall–Kier alpha value is -2.44. The lowest BCUT2D eigenvalue weighted by Crippen LogP contribution is -2.14. The van der Waals surface area contributed by atoms with E-state index in [1.165, 1.54) is 18.2 Å². The van der Waals surface area contributed by atoms with Crippen molar-refractivity contribution in [3.8, 4) is 5.75 Å². The van der Waals surface area contributed by atoms with E-state index in [0.717, 1.165) is 0 Å². The number of carbonyl (C=O) groups is 1. The molecule has 0 aliphatic heterocycles. The molecule has 0 aliphatic rings. The monoisotopic (exact) mass is 295 g/mol. The minimum atomic E-state index is -2.90. The standard InChI is InChI=1S/C14H15F2N3O2/c1-9(2)19-7-6-12(18-19)13(20)17-10-4-3-5-11(8-10)21-14(15)16/h3-9,14H,1-2H3,(H,17,20). The second kappa shape index (κ2) is 6.34. The van der Waals surface area contributed by atoms with Crippen molar-refractivity contribution in [1.29, 1.82) is 0 Å². The Morgan fingerprint density at radius 2 is 2.10 bits per heavy atom. The first kappa shape index (κ1) is 15.0. The van der Waals surface area contributed by atoms with Gasteiger partial charge in [-0.1, -0.05) is 6.07 Å². The molecule has 112 valence electrons. The molecular weight excluding hydrogens is 280 g/mol. The predicted molar refractivity (Wildman–Crippen MR) is 73.6 cm³/mol. The largest absolute Gasteiger partial charge is 0.435 e. The molecule has 7 heteroatoms. The van der Waals surface area contributed by atoms with Gasteiger partial charge in [0.2, 0.25) is 0 Å². The van der Waals surface area contributed by atoms with Gasteiger partial charge >= 0.3 is 6.61 Å². The summed E-state index contributed by atoms with van der Waals surface area (Å²) in [6.45, 7) is 0.984. The number of ether oxygens (including phenoxy) is 1. The first-order valence-corrected chi connectivity index (χ1v) is 6.37. The number of hydrogen-bond acceptors (Lipinski definition) is 3. The quantitative estimate of drug-likeness (QED) is 0.920. The van der Waals surface area contributed by atoms with Crippen LogP contribution in [0.5, 0.6) is 5.75 Å². The van der Waals surface area contributed by atoms with E-state index in [0.29, 0.717) is 5.69 Å². The van der Waals surface area contributed by atoms with Crippen LogP contribution in [0.2, 0.25) is 0 Å². The summed E-state index contributed by atoms with van der Waals surface area (Å²) in [5.74, 6) is -0.431. The zero-order valence-electron chi connectivity index (χ0n) is 11.6. The Morgan fingerprint density at radius 1 is 1.33 bits per heavy atom. The highest BCUT2D eigenvalue weighted by Crippen LogP contribution is 2.19. The molecule has 2 rings (SSSR count). The lowest BCUT2D eigenvalue weighted by molar-refractivity contribution is -0.0497. The zero-order chi connectivity index (χ0) is 15.4. The van der Waals surface area contributed by atoms with Gasteiger partial charge in [-0.25, -0.2) is 0 Å². The fourth-order valence-electron chi connectivity index (χ4n) is 1.69. The molecule has 0 saturated heterocycles. The Labute approximate surface area is 120 Å². The van der Waals surface area contributed by atoms with Crippen LogP contribution in [0.15, 0.2) is 36.5 Å². The van der Waals surface area contributed by atoms with Crippen LogP contribution in [0.3, 0.4) is 0 Å². The molecular formula is C14H15F2N3O2. The molecule has 0 fully saturated rings. The molecule has 0 unspecified atom stereocenters. The van der Waals surface area contributed by atoms with Gasteiger partial charge in [-0.15, -0.1) is 0 Å². The summed E-state index contributed by atoms with van der Waals surface area (Å²) < 4.78 is 30.2. The van der Waals surface area contributed by atoms with Crippen LogP contribution < -0.4 is 10.1 Å². The number of halogens is 2. The second-order valence-corrected chi connectivity index (χ2v) is 4.64. The number of benzene rings is 1. The van der Waals surface area contributed by atoms with E-state index in [9.17, 15) is 13.6 Å². The third-order valence-electron chi connectivity index (χ3n) is 2.69. The van der Waals surface area contributed by atoms with Crippen LogP contribution in [0.4, 0.5) is 14.5 Å². The average Bonchev–Trinajstić information content (AvgIpc) is 2.88. The number of nitrogens with zero attached hydrogens (tertiary/aromatic N) is 2. The smallest absolute Gasteiger partial charge is 0.387 e. The van der Waals surface area contributed by atoms with Gasteiger partial charge in [-0.05, 0) is 32.0 Å². The van der Waals surface area contributed by atoms with Crippen LogP contribution >= 0.6 is 0 Å². The number of alkyl halides is 2. The highest BCUT2D eigenvalue weighted by Gasteiger charge is 2.12. The Kier molecular flexibility index (Phi) is 4.52. The van der Waals surface area contributed by atoms with Gasteiger partial charge in [-0.2, -0.15) is 13.9 Å². The fourth-order valence-corrected chi connectivity index (χ4v) is 1.69. The third-order valence-corrected chi connectivity index (χ3v) is 2.69. The Morgan fingerprint density at radius 3 is 2.71 bits per heavy atom. The van der Waals surface area contributed by atoms with Crippen molar-refractivity contribution in [2.75, 3.05) is 5.32 Å².